The Morgan fingerprint density at radius 1 is 1.00 bits per heavy atom. The van der Waals surface area contributed by atoms with Gasteiger partial charge in [0.15, 0.2) is 0 Å². The monoisotopic (exact) mass is 266 g/mol. The lowest BCUT2D eigenvalue weighted by Crippen LogP contribution is -2.57. The van der Waals surface area contributed by atoms with Gasteiger partial charge in [0, 0.05) is 31.2 Å². The summed E-state index contributed by atoms with van der Waals surface area (Å²) in [5.41, 5.74) is 0.497. The minimum Gasteiger partial charge on any atom is -0.311 e. The van der Waals surface area contributed by atoms with Crippen LogP contribution in [0.15, 0.2) is 0 Å². The molecule has 4 atom stereocenters. The zero-order chi connectivity index (χ0) is 14.0. The largest absolute Gasteiger partial charge is 0.311 e. The van der Waals surface area contributed by atoms with Crippen LogP contribution in [-0.4, -0.2) is 36.1 Å². The molecule has 112 valence electrons. The molecule has 1 heterocycles. The van der Waals surface area contributed by atoms with Crippen molar-refractivity contribution in [3.05, 3.63) is 0 Å². The summed E-state index contributed by atoms with van der Waals surface area (Å²) >= 11 is 0. The highest BCUT2D eigenvalue weighted by atomic mass is 15.2. The van der Waals surface area contributed by atoms with E-state index in [4.69, 9.17) is 0 Å². The van der Waals surface area contributed by atoms with Crippen LogP contribution in [0.1, 0.15) is 66.7 Å². The van der Waals surface area contributed by atoms with E-state index in [1.807, 2.05) is 0 Å². The fourth-order valence-corrected chi connectivity index (χ4v) is 4.04. The van der Waals surface area contributed by atoms with E-state index >= 15 is 0 Å². The van der Waals surface area contributed by atoms with Crippen LogP contribution < -0.4 is 5.32 Å². The van der Waals surface area contributed by atoms with E-state index < -0.39 is 0 Å². The fraction of sp³-hybridized carbons (Fsp3) is 1.00. The van der Waals surface area contributed by atoms with E-state index in [1.54, 1.807) is 0 Å². The van der Waals surface area contributed by atoms with Gasteiger partial charge in [-0.3, -0.25) is 4.90 Å². The molecule has 0 spiro atoms. The molecule has 1 saturated carbocycles. The number of nitrogens with zero attached hydrogens (tertiary/aromatic N) is 1. The fourth-order valence-electron chi connectivity index (χ4n) is 4.04. The summed E-state index contributed by atoms with van der Waals surface area (Å²) in [7, 11) is 0. The molecule has 0 amide bonds. The third-order valence-corrected chi connectivity index (χ3v) is 5.44. The minimum absolute atomic E-state index is 0.497. The van der Waals surface area contributed by atoms with E-state index in [0.29, 0.717) is 17.5 Å². The molecule has 1 N–H and O–H groups in total. The predicted molar refractivity (Wildman–Crippen MR) is 83.5 cm³/mol. The molecule has 0 aromatic carbocycles. The zero-order valence-corrected chi connectivity index (χ0v) is 13.7. The number of nitrogens with one attached hydrogen (secondary N) is 1. The second-order valence-corrected chi connectivity index (χ2v) is 8.08. The van der Waals surface area contributed by atoms with Crippen molar-refractivity contribution in [3.63, 3.8) is 0 Å². The van der Waals surface area contributed by atoms with E-state index in [2.05, 4.69) is 44.8 Å². The van der Waals surface area contributed by atoms with Gasteiger partial charge in [-0.15, -0.1) is 0 Å². The molecule has 2 heteroatoms. The Balaban J connectivity index is 1.95. The van der Waals surface area contributed by atoms with Crippen LogP contribution in [0, 0.1) is 11.3 Å². The zero-order valence-electron chi connectivity index (χ0n) is 13.7. The standard InChI is InChI=1S/C17H34N2/c1-13-12-19(14(2)11-18-13)16-8-6-7-15(9-10-16)17(3,4)5/h13-16,18H,6-12H2,1-5H3. The van der Waals surface area contributed by atoms with Gasteiger partial charge in [-0.25, -0.2) is 0 Å². The van der Waals surface area contributed by atoms with Gasteiger partial charge in [-0.1, -0.05) is 27.2 Å². The average Bonchev–Trinajstić information content (AvgIpc) is 2.57. The van der Waals surface area contributed by atoms with Crippen molar-refractivity contribution in [1.29, 1.82) is 0 Å². The number of hydrogen-bond acceptors (Lipinski definition) is 2. The molecule has 2 aliphatic rings. The number of rotatable bonds is 1. The van der Waals surface area contributed by atoms with Crippen molar-refractivity contribution in [3.8, 4) is 0 Å². The van der Waals surface area contributed by atoms with Crippen LogP contribution in [0.5, 0.6) is 0 Å². The molecule has 1 aliphatic carbocycles. The van der Waals surface area contributed by atoms with Crippen LogP contribution in [0.25, 0.3) is 0 Å². The number of piperazine rings is 1. The lowest BCUT2D eigenvalue weighted by Gasteiger charge is -2.42. The van der Waals surface area contributed by atoms with Crippen molar-refractivity contribution < 1.29 is 0 Å². The first-order valence-corrected chi connectivity index (χ1v) is 8.37. The number of hydrogen-bond donors (Lipinski definition) is 1. The summed E-state index contributed by atoms with van der Waals surface area (Å²) in [6, 6.07) is 2.22. The van der Waals surface area contributed by atoms with E-state index in [9.17, 15) is 0 Å². The first kappa shape index (κ1) is 15.3. The molecule has 1 saturated heterocycles. The van der Waals surface area contributed by atoms with Crippen molar-refractivity contribution in [1.82, 2.24) is 10.2 Å². The molecular weight excluding hydrogens is 232 g/mol. The summed E-state index contributed by atoms with van der Waals surface area (Å²) in [6.07, 6.45) is 7.13. The summed E-state index contributed by atoms with van der Waals surface area (Å²) in [5, 5.41) is 3.61. The maximum Gasteiger partial charge on any atom is 0.0196 e. The second kappa shape index (κ2) is 6.13. The summed E-state index contributed by atoms with van der Waals surface area (Å²) < 4.78 is 0. The molecule has 0 bridgehead atoms. The van der Waals surface area contributed by atoms with Crippen LogP contribution >= 0.6 is 0 Å². The van der Waals surface area contributed by atoms with E-state index in [1.165, 1.54) is 45.2 Å². The first-order valence-electron chi connectivity index (χ1n) is 8.37. The quantitative estimate of drug-likeness (QED) is 0.729. The normalized spacial score (nSPS) is 39.0. The molecule has 2 fully saturated rings. The molecule has 0 aromatic heterocycles. The molecule has 19 heavy (non-hydrogen) atoms. The molecule has 0 radical (unpaired) electrons. The Bertz CT molecular complexity index is 281. The van der Waals surface area contributed by atoms with Gasteiger partial charge in [0.1, 0.15) is 0 Å². The van der Waals surface area contributed by atoms with Crippen molar-refractivity contribution in [2.24, 2.45) is 11.3 Å². The van der Waals surface area contributed by atoms with Gasteiger partial charge < -0.3 is 5.32 Å². The highest BCUT2D eigenvalue weighted by Gasteiger charge is 2.33. The molecule has 1 aliphatic heterocycles. The van der Waals surface area contributed by atoms with Crippen LogP contribution in [0.4, 0.5) is 0 Å². The van der Waals surface area contributed by atoms with Gasteiger partial charge in [0.2, 0.25) is 0 Å². The van der Waals surface area contributed by atoms with Crippen molar-refractivity contribution in [2.45, 2.75) is 84.8 Å². The Labute approximate surface area is 120 Å². The second-order valence-electron chi connectivity index (χ2n) is 8.08. The highest BCUT2D eigenvalue weighted by molar-refractivity contribution is 4.89. The molecule has 2 rings (SSSR count). The molecular formula is C17H34N2. The van der Waals surface area contributed by atoms with Gasteiger partial charge in [0.25, 0.3) is 0 Å². The third-order valence-electron chi connectivity index (χ3n) is 5.44. The maximum absolute atomic E-state index is 3.61. The Morgan fingerprint density at radius 3 is 2.42 bits per heavy atom. The van der Waals surface area contributed by atoms with Crippen LogP contribution in [0.3, 0.4) is 0 Å². The summed E-state index contributed by atoms with van der Waals surface area (Å²) in [6.45, 7) is 14.4. The first-order chi connectivity index (χ1) is 8.88. The summed E-state index contributed by atoms with van der Waals surface area (Å²) in [5.74, 6) is 0.924. The smallest absolute Gasteiger partial charge is 0.0196 e. The van der Waals surface area contributed by atoms with Gasteiger partial charge >= 0.3 is 0 Å². The van der Waals surface area contributed by atoms with E-state index in [-0.39, 0.29) is 0 Å². The molecule has 2 nitrogen and oxygen atoms in total. The Morgan fingerprint density at radius 2 is 1.74 bits per heavy atom. The van der Waals surface area contributed by atoms with Gasteiger partial charge in [0.05, 0.1) is 0 Å². The molecule has 4 unspecified atom stereocenters. The van der Waals surface area contributed by atoms with Crippen molar-refractivity contribution in [2.75, 3.05) is 13.1 Å². The van der Waals surface area contributed by atoms with Crippen LogP contribution in [-0.2, 0) is 0 Å². The lowest BCUT2D eigenvalue weighted by atomic mass is 9.76. The average molecular weight is 266 g/mol. The Hall–Kier alpha value is -0.0800. The highest BCUT2D eigenvalue weighted by Crippen LogP contribution is 2.38. The predicted octanol–water partition coefficient (Wildman–Crippen LogP) is 3.66. The third kappa shape index (κ3) is 3.95. The molecule has 0 aromatic rings. The summed E-state index contributed by atoms with van der Waals surface area (Å²) in [4.78, 5) is 2.80. The lowest BCUT2D eigenvalue weighted by molar-refractivity contribution is 0.0840. The maximum atomic E-state index is 3.61. The van der Waals surface area contributed by atoms with Crippen LogP contribution in [0.2, 0.25) is 0 Å². The minimum atomic E-state index is 0.497. The topological polar surface area (TPSA) is 15.3 Å². The SMILES string of the molecule is CC1CN(C2CCCC(C(C)(C)C)CC2)C(C)CN1. The van der Waals surface area contributed by atoms with Crippen molar-refractivity contribution >= 4 is 0 Å². The van der Waals surface area contributed by atoms with Gasteiger partial charge in [-0.2, -0.15) is 0 Å². The van der Waals surface area contributed by atoms with Gasteiger partial charge in [-0.05, 0) is 50.9 Å². The Kier molecular flexibility index (Phi) is 4.94. The van der Waals surface area contributed by atoms with E-state index in [0.717, 1.165) is 12.0 Å².